The topological polar surface area (TPSA) is 69.2 Å². The van der Waals surface area contributed by atoms with Gasteiger partial charge in [0.2, 0.25) is 5.91 Å². The highest BCUT2D eigenvalue weighted by molar-refractivity contribution is 5.81. The van der Waals surface area contributed by atoms with E-state index in [1.807, 2.05) is 4.90 Å². The number of methoxy groups -OCH3 is 1. The van der Waals surface area contributed by atoms with Gasteiger partial charge in [0.25, 0.3) is 0 Å². The zero-order valence-corrected chi connectivity index (χ0v) is 15.5. The Bertz CT molecular complexity index is 586. The largest absolute Gasteiger partial charge is 0.383 e. The summed E-state index contributed by atoms with van der Waals surface area (Å²) in [5.74, 6) is 0.557. The molecule has 8 heteroatoms. The molecule has 1 fully saturated rings. The highest BCUT2D eigenvalue weighted by Gasteiger charge is 2.21. The van der Waals surface area contributed by atoms with E-state index in [0.29, 0.717) is 45.2 Å². The minimum absolute atomic E-state index is 0.128. The molecule has 1 saturated heterocycles. The summed E-state index contributed by atoms with van der Waals surface area (Å²) in [6.45, 7) is 4.65. The average Bonchev–Trinajstić information content (AvgIpc) is 2.67. The van der Waals surface area contributed by atoms with E-state index < -0.39 is 0 Å². The molecule has 2 N–H and O–H groups in total. The van der Waals surface area contributed by atoms with Crippen molar-refractivity contribution in [2.45, 2.75) is 6.42 Å². The lowest BCUT2D eigenvalue weighted by Crippen LogP contribution is -2.49. The van der Waals surface area contributed by atoms with Crippen molar-refractivity contribution >= 4 is 17.6 Å². The smallest absolute Gasteiger partial charge is 0.224 e. The first-order valence-electron chi connectivity index (χ1n) is 8.86. The molecule has 0 spiro atoms. The maximum Gasteiger partial charge on any atom is 0.224 e. The molecule has 0 aliphatic carbocycles. The first kappa shape index (κ1) is 20.0. The molecule has 1 aromatic rings. The van der Waals surface area contributed by atoms with E-state index in [9.17, 15) is 9.18 Å². The van der Waals surface area contributed by atoms with Gasteiger partial charge < -0.3 is 25.2 Å². The minimum Gasteiger partial charge on any atom is -0.383 e. The summed E-state index contributed by atoms with van der Waals surface area (Å²) < 4.78 is 18.0. The number of benzene rings is 1. The number of halogens is 1. The summed E-state index contributed by atoms with van der Waals surface area (Å²) in [7, 11) is 3.34. The lowest BCUT2D eigenvalue weighted by molar-refractivity contribution is -0.131. The van der Waals surface area contributed by atoms with Gasteiger partial charge in [-0.05, 0) is 24.3 Å². The van der Waals surface area contributed by atoms with E-state index in [1.54, 1.807) is 26.3 Å². The fourth-order valence-corrected chi connectivity index (χ4v) is 2.80. The van der Waals surface area contributed by atoms with Crippen LogP contribution in [0.2, 0.25) is 0 Å². The molecule has 1 aromatic carbocycles. The van der Waals surface area contributed by atoms with Gasteiger partial charge >= 0.3 is 0 Å². The Kier molecular flexibility index (Phi) is 8.14. The molecule has 0 unspecified atom stereocenters. The van der Waals surface area contributed by atoms with E-state index in [-0.39, 0.29) is 11.7 Å². The van der Waals surface area contributed by atoms with Crippen molar-refractivity contribution in [3.63, 3.8) is 0 Å². The molecular weight excluding hydrogens is 337 g/mol. The SMILES string of the molecule is CN=C(NCCOC)NCCC(=O)N1CCN(c2ccc(F)cc2)CC1. The van der Waals surface area contributed by atoms with Crippen LogP contribution >= 0.6 is 0 Å². The Morgan fingerprint density at radius 2 is 1.81 bits per heavy atom. The maximum atomic E-state index is 13.0. The van der Waals surface area contributed by atoms with Crippen LogP contribution in [0.25, 0.3) is 0 Å². The summed E-state index contributed by atoms with van der Waals surface area (Å²) in [6.07, 6.45) is 0.418. The second-order valence-electron chi connectivity index (χ2n) is 6.01. The monoisotopic (exact) mass is 365 g/mol. The van der Waals surface area contributed by atoms with Gasteiger partial charge in [0.15, 0.2) is 5.96 Å². The number of anilines is 1. The normalized spacial score (nSPS) is 15.1. The summed E-state index contributed by atoms with van der Waals surface area (Å²) in [5.41, 5.74) is 0.992. The lowest BCUT2D eigenvalue weighted by atomic mass is 10.2. The molecule has 1 aliphatic rings. The molecule has 1 amide bonds. The molecule has 0 bridgehead atoms. The predicted molar refractivity (Wildman–Crippen MR) is 101 cm³/mol. The Balaban J connectivity index is 1.68. The molecule has 0 aromatic heterocycles. The van der Waals surface area contributed by atoms with Crippen molar-refractivity contribution in [1.82, 2.24) is 15.5 Å². The number of hydrogen-bond donors (Lipinski definition) is 2. The molecule has 144 valence electrons. The first-order valence-corrected chi connectivity index (χ1v) is 8.86. The number of rotatable bonds is 7. The number of guanidine groups is 1. The third-order valence-corrected chi connectivity index (χ3v) is 4.28. The molecule has 2 rings (SSSR count). The zero-order chi connectivity index (χ0) is 18.8. The van der Waals surface area contributed by atoms with Crippen LogP contribution in [0.1, 0.15) is 6.42 Å². The molecule has 0 atom stereocenters. The number of carbonyl (C=O) groups is 1. The highest BCUT2D eigenvalue weighted by Crippen LogP contribution is 2.17. The summed E-state index contributed by atoms with van der Waals surface area (Å²) >= 11 is 0. The number of hydrogen-bond acceptors (Lipinski definition) is 4. The number of nitrogens with zero attached hydrogens (tertiary/aromatic N) is 3. The van der Waals surface area contributed by atoms with Crippen molar-refractivity contribution in [3.8, 4) is 0 Å². The van der Waals surface area contributed by atoms with Gasteiger partial charge in [0.05, 0.1) is 6.61 Å². The van der Waals surface area contributed by atoms with Gasteiger partial charge in [-0.1, -0.05) is 0 Å². The van der Waals surface area contributed by atoms with Crippen LogP contribution in [-0.4, -0.2) is 76.8 Å². The highest BCUT2D eigenvalue weighted by atomic mass is 19.1. The van der Waals surface area contributed by atoms with E-state index in [1.165, 1.54) is 12.1 Å². The lowest BCUT2D eigenvalue weighted by Gasteiger charge is -2.36. The summed E-state index contributed by atoms with van der Waals surface area (Å²) in [4.78, 5) is 20.5. The van der Waals surface area contributed by atoms with Crippen LogP contribution < -0.4 is 15.5 Å². The quantitative estimate of drug-likeness (QED) is 0.422. The standard InChI is InChI=1S/C18H28FN5O2/c1-20-18(22-9-14-26-2)21-8-7-17(25)24-12-10-23(11-13-24)16-5-3-15(19)4-6-16/h3-6H,7-14H2,1-2H3,(H2,20,21,22). The van der Waals surface area contributed by atoms with E-state index in [2.05, 4.69) is 20.5 Å². The van der Waals surface area contributed by atoms with Gasteiger partial charge in [-0.2, -0.15) is 0 Å². The Morgan fingerprint density at radius 1 is 1.15 bits per heavy atom. The predicted octanol–water partition coefficient (Wildman–Crippen LogP) is 0.676. The van der Waals surface area contributed by atoms with Crippen LogP contribution in [0, 0.1) is 5.82 Å². The van der Waals surface area contributed by atoms with Crippen molar-refractivity contribution in [1.29, 1.82) is 0 Å². The fraction of sp³-hybridized carbons (Fsp3) is 0.556. The van der Waals surface area contributed by atoms with Crippen molar-refractivity contribution < 1.29 is 13.9 Å². The maximum absolute atomic E-state index is 13.0. The third-order valence-electron chi connectivity index (χ3n) is 4.28. The zero-order valence-electron chi connectivity index (χ0n) is 15.5. The fourth-order valence-electron chi connectivity index (χ4n) is 2.80. The van der Waals surface area contributed by atoms with Crippen LogP contribution in [-0.2, 0) is 9.53 Å². The average molecular weight is 365 g/mol. The van der Waals surface area contributed by atoms with E-state index in [0.717, 1.165) is 18.8 Å². The molecular formula is C18H28FN5O2. The molecule has 0 radical (unpaired) electrons. The van der Waals surface area contributed by atoms with Gasteiger partial charge in [0.1, 0.15) is 5.82 Å². The number of nitrogens with one attached hydrogen (secondary N) is 2. The second kappa shape index (κ2) is 10.6. The molecule has 26 heavy (non-hydrogen) atoms. The molecule has 7 nitrogen and oxygen atoms in total. The Labute approximate surface area is 154 Å². The number of piperazine rings is 1. The van der Waals surface area contributed by atoms with Crippen LogP contribution in [0.4, 0.5) is 10.1 Å². The van der Waals surface area contributed by atoms with Crippen LogP contribution in [0.3, 0.4) is 0 Å². The molecule has 0 saturated carbocycles. The number of amides is 1. The van der Waals surface area contributed by atoms with E-state index in [4.69, 9.17) is 4.74 Å². The number of aliphatic imine (C=N–C) groups is 1. The Morgan fingerprint density at radius 3 is 2.42 bits per heavy atom. The number of ether oxygens (including phenoxy) is 1. The van der Waals surface area contributed by atoms with Gasteiger partial charge in [-0.3, -0.25) is 9.79 Å². The van der Waals surface area contributed by atoms with Gasteiger partial charge in [-0.15, -0.1) is 0 Å². The van der Waals surface area contributed by atoms with Crippen molar-refractivity contribution in [2.24, 2.45) is 4.99 Å². The summed E-state index contributed by atoms with van der Waals surface area (Å²) in [5, 5.41) is 6.24. The van der Waals surface area contributed by atoms with Crippen molar-refractivity contribution in [2.75, 3.05) is 64.9 Å². The van der Waals surface area contributed by atoms with Gasteiger partial charge in [0, 0.05) is 65.5 Å². The third kappa shape index (κ3) is 6.18. The minimum atomic E-state index is -0.234. The van der Waals surface area contributed by atoms with E-state index >= 15 is 0 Å². The summed E-state index contributed by atoms with van der Waals surface area (Å²) in [6, 6.07) is 6.48. The second-order valence-corrected chi connectivity index (χ2v) is 6.01. The molecule has 1 aliphatic heterocycles. The van der Waals surface area contributed by atoms with Crippen LogP contribution in [0.5, 0.6) is 0 Å². The van der Waals surface area contributed by atoms with Gasteiger partial charge in [-0.25, -0.2) is 4.39 Å². The first-order chi connectivity index (χ1) is 12.6. The Hall–Kier alpha value is -2.35. The van der Waals surface area contributed by atoms with Crippen LogP contribution in [0.15, 0.2) is 29.3 Å². The number of carbonyl (C=O) groups excluding carboxylic acids is 1. The molecule has 1 heterocycles. The van der Waals surface area contributed by atoms with Crippen molar-refractivity contribution in [3.05, 3.63) is 30.1 Å².